The lowest BCUT2D eigenvalue weighted by atomic mass is 9.96. The van der Waals surface area contributed by atoms with Gasteiger partial charge < -0.3 is 14.7 Å². The first kappa shape index (κ1) is 17.3. The number of carbonyl (C=O) groups is 1. The maximum absolute atomic E-state index is 13.7. The molecular formula is C18H25FN2O3. The predicted molar refractivity (Wildman–Crippen MR) is 88.0 cm³/mol. The quantitative estimate of drug-likeness (QED) is 0.863. The van der Waals surface area contributed by atoms with Crippen LogP contribution in [-0.4, -0.2) is 73.4 Å². The molecule has 0 aromatic heterocycles. The van der Waals surface area contributed by atoms with Gasteiger partial charge in [0.2, 0.25) is 5.91 Å². The lowest BCUT2D eigenvalue weighted by Gasteiger charge is -2.30. The number of rotatable bonds is 5. The third-order valence-corrected chi connectivity index (χ3v) is 5.06. The molecule has 132 valence electrons. The van der Waals surface area contributed by atoms with Crippen LogP contribution in [-0.2, 0) is 16.0 Å². The number of ether oxygens (including phenoxy) is 1. The lowest BCUT2D eigenvalue weighted by molar-refractivity contribution is -0.129. The third-order valence-electron chi connectivity index (χ3n) is 5.06. The topological polar surface area (TPSA) is 53.0 Å². The molecule has 0 radical (unpaired) electrons. The predicted octanol–water partition coefficient (Wildman–Crippen LogP) is 0.767. The van der Waals surface area contributed by atoms with Gasteiger partial charge in [-0.15, -0.1) is 0 Å². The molecule has 0 aliphatic carbocycles. The van der Waals surface area contributed by atoms with Crippen molar-refractivity contribution >= 4 is 5.91 Å². The van der Waals surface area contributed by atoms with E-state index >= 15 is 0 Å². The van der Waals surface area contributed by atoms with Gasteiger partial charge in [0.1, 0.15) is 5.82 Å². The average Bonchev–Trinajstić information content (AvgIpc) is 3.01. The van der Waals surface area contributed by atoms with Gasteiger partial charge in [0, 0.05) is 45.2 Å². The minimum Gasteiger partial charge on any atom is -0.396 e. The van der Waals surface area contributed by atoms with Crippen molar-refractivity contribution in [2.75, 3.05) is 52.5 Å². The Hall–Kier alpha value is -1.50. The summed E-state index contributed by atoms with van der Waals surface area (Å²) < 4.78 is 19.1. The van der Waals surface area contributed by atoms with Gasteiger partial charge in [-0.1, -0.05) is 18.2 Å². The zero-order valence-electron chi connectivity index (χ0n) is 13.9. The lowest BCUT2D eigenvalue weighted by Crippen LogP contribution is -2.41. The van der Waals surface area contributed by atoms with Crippen LogP contribution in [0, 0.1) is 17.7 Å². The van der Waals surface area contributed by atoms with Crippen molar-refractivity contribution < 1.29 is 19.0 Å². The van der Waals surface area contributed by atoms with Crippen molar-refractivity contribution in [3.05, 3.63) is 35.6 Å². The van der Waals surface area contributed by atoms with Crippen LogP contribution in [0.25, 0.3) is 0 Å². The summed E-state index contributed by atoms with van der Waals surface area (Å²) in [7, 11) is 0. The van der Waals surface area contributed by atoms with E-state index in [1.54, 1.807) is 23.1 Å². The first-order valence-corrected chi connectivity index (χ1v) is 8.59. The molecule has 1 aromatic carbocycles. The Labute approximate surface area is 142 Å². The van der Waals surface area contributed by atoms with Gasteiger partial charge in [0.05, 0.1) is 19.6 Å². The average molecular weight is 336 g/mol. The molecule has 2 fully saturated rings. The molecule has 3 rings (SSSR count). The molecule has 6 heteroatoms. The van der Waals surface area contributed by atoms with Crippen molar-refractivity contribution in [1.82, 2.24) is 9.80 Å². The second-order valence-electron chi connectivity index (χ2n) is 6.68. The van der Waals surface area contributed by atoms with Crippen molar-refractivity contribution in [2.24, 2.45) is 11.8 Å². The number of carbonyl (C=O) groups excluding carboxylic acids is 1. The van der Waals surface area contributed by atoms with Gasteiger partial charge >= 0.3 is 0 Å². The van der Waals surface area contributed by atoms with E-state index < -0.39 is 0 Å². The minimum absolute atomic E-state index is 0.0666. The van der Waals surface area contributed by atoms with E-state index in [4.69, 9.17) is 4.74 Å². The Bertz CT molecular complexity index is 563. The fourth-order valence-corrected chi connectivity index (χ4v) is 3.59. The van der Waals surface area contributed by atoms with Crippen molar-refractivity contribution in [3.63, 3.8) is 0 Å². The zero-order chi connectivity index (χ0) is 16.9. The first-order chi connectivity index (χ1) is 11.7. The third kappa shape index (κ3) is 4.12. The highest BCUT2D eigenvalue weighted by Crippen LogP contribution is 2.25. The van der Waals surface area contributed by atoms with Crippen LogP contribution in [0.2, 0.25) is 0 Å². The van der Waals surface area contributed by atoms with Crippen LogP contribution in [0.4, 0.5) is 4.39 Å². The number of amides is 1. The molecule has 2 atom stereocenters. The molecule has 2 unspecified atom stereocenters. The SMILES string of the molecule is O=C(Cc1ccccc1F)N1CC(CO)C(CN2CCOCC2)C1. The molecule has 0 spiro atoms. The summed E-state index contributed by atoms with van der Waals surface area (Å²) in [4.78, 5) is 16.6. The number of halogens is 1. The molecule has 2 heterocycles. The largest absolute Gasteiger partial charge is 0.396 e. The summed E-state index contributed by atoms with van der Waals surface area (Å²) in [6.07, 6.45) is 0.0785. The molecule has 1 aromatic rings. The molecule has 0 saturated carbocycles. The van der Waals surface area contributed by atoms with Crippen LogP contribution in [0.3, 0.4) is 0 Å². The van der Waals surface area contributed by atoms with Crippen molar-refractivity contribution in [1.29, 1.82) is 0 Å². The number of aliphatic hydroxyl groups excluding tert-OH is 1. The second kappa shape index (κ2) is 8.05. The maximum atomic E-state index is 13.7. The maximum Gasteiger partial charge on any atom is 0.227 e. The Morgan fingerprint density at radius 2 is 1.92 bits per heavy atom. The fraction of sp³-hybridized carbons (Fsp3) is 0.611. The molecule has 0 bridgehead atoms. The number of nitrogens with zero attached hydrogens (tertiary/aromatic N) is 2. The van der Waals surface area contributed by atoms with Gasteiger partial charge in [-0.05, 0) is 17.5 Å². The normalized spacial score (nSPS) is 25.2. The highest BCUT2D eigenvalue weighted by atomic mass is 19.1. The number of hydrogen-bond donors (Lipinski definition) is 1. The van der Waals surface area contributed by atoms with Crippen LogP contribution in [0.15, 0.2) is 24.3 Å². The zero-order valence-corrected chi connectivity index (χ0v) is 13.9. The van der Waals surface area contributed by atoms with Gasteiger partial charge in [-0.25, -0.2) is 4.39 Å². The van der Waals surface area contributed by atoms with E-state index in [9.17, 15) is 14.3 Å². The van der Waals surface area contributed by atoms with Crippen LogP contribution >= 0.6 is 0 Å². The number of benzene rings is 1. The Morgan fingerprint density at radius 3 is 2.62 bits per heavy atom. The molecule has 2 aliphatic heterocycles. The number of aliphatic hydroxyl groups is 1. The summed E-state index contributed by atoms with van der Waals surface area (Å²) >= 11 is 0. The van der Waals surface area contributed by atoms with E-state index in [2.05, 4.69) is 4.90 Å². The van der Waals surface area contributed by atoms with Gasteiger partial charge in [-0.2, -0.15) is 0 Å². The smallest absolute Gasteiger partial charge is 0.227 e. The number of likely N-dealkylation sites (tertiary alicyclic amines) is 1. The van der Waals surface area contributed by atoms with Gasteiger partial charge in [-0.3, -0.25) is 9.69 Å². The van der Waals surface area contributed by atoms with E-state index in [0.717, 1.165) is 32.8 Å². The molecule has 24 heavy (non-hydrogen) atoms. The van der Waals surface area contributed by atoms with E-state index in [-0.39, 0.29) is 36.6 Å². The fourth-order valence-electron chi connectivity index (χ4n) is 3.59. The summed E-state index contributed by atoms with van der Waals surface area (Å²) in [5.41, 5.74) is 0.430. The summed E-state index contributed by atoms with van der Waals surface area (Å²) in [5, 5.41) is 9.66. The highest BCUT2D eigenvalue weighted by molar-refractivity contribution is 5.79. The van der Waals surface area contributed by atoms with Crippen LogP contribution < -0.4 is 0 Å². The second-order valence-corrected chi connectivity index (χ2v) is 6.68. The molecule has 2 aliphatic rings. The van der Waals surface area contributed by atoms with E-state index in [1.165, 1.54) is 6.07 Å². The van der Waals surface area contributed by atoms with Crippen LogP contribution in [0.5, 0.6) is 0 Å². The van der Waals surface area contributed by atoms with Gasteiger partial charge in [0.15, 0.2) is 0 Å². The number of morpholine rings is 1. The summed E-state index contributed by atoms with van der Waals surface area (Å²) in [6, 6.07) is 6.40. The summed E-state index contributed by atoms with van der Waals surface area (Å²) in [6.45, 7) is 5.43. The monoisotopic (exact) mass is 336 g/mol. The van der Waals surface area contributed by atoms with E-state index in [1.807, 2.05) is 0 Å². The highest BCUT2D eigenvalue weighted by Gasteiger charge is 2.35. The Kier molecular flexibility index (Phi) is 5.81. The standard InChI is InChI=1S/C18H25FN2O3/c19-17-4-2-1-3-14(17)9-18(23)21-11-15(16(12-21)13-22)10-20-5-7-24-8-6-20/h1-4,15-16,22H,5-13H2. The van der Waals surface area contributed by atoms with Gasteiger partial charge in [0.25, 0.3) is 0 Å². The van der Waals surface area contributed by atoms with Crippen molar-refractivity contribution in [2.45, 2.75) is 6.42 Å². The van der Waals surface area contributed by atoms with E-state index in [0.29, 0.717) is 18.7 Å². The molecular weight excluding hydrogens is 311 g/mol. The van der Waals surface area contributed by atoms with Crippen molar-refractivity contribution in [3.8, 4) is 0 Å². The molecule has 5 nitrogen and oxygen atoms in total. The minimum atomic E-state index is -0.339. The Morgan fingerprint density at radius 1 is 1.21 bits per heavy atom. The molecule has 2 saturated heterocycles. The number of hydrogen-bond acceptors (Lipinski definition) is 4. The molecule has 1 amide bonds. The first-order valence-electron chi connectivity index (χ1n) is 8.59. The summed E-state index contributed by atoms with van der Waals surface area (Å²) in [5.74, 6) is -0.0493. The Balaban J connectivity index is 1.58. The van der Waals surface area contributed by atoms with Crippen LogP contribution in [0.1, 0.15) is 5.56 Å². The molecule has 1 N–H and O–H groups in total.